The fourth-order valence-electron chi connectivity index (χ4n) is 4.06. The number of para-hydroxylation sites is 1. The highest BCUT2D eigenvalue weighted by Gasteiger charge is 2.49. The second kappa shape index (κ2) is 8.51. The number of carbonyl (C=O) groups excluding carboxylic acids is 1. The van der Waals surface area contributed by atoms with E-state index in [1.165, 1.54) is 12.1 Å². The molecule has 0 unspecified atom stereocenters. The van der Waals surface area contributed by atoms with Crippen LogP contribution in [0.2, 0.25) is 0 Å². The summed E-state index contributed by atoms with van der Waals surface area (Å²) in [4.78, 5) is 10.6. The first-order valence-corrected chi connectivity index (χ1v) is 11.3. The van der Waals surface area contributed by atoms with Gasteiger partial charge in [-0.2, -0.15) is 0 Å². The van der Waals surface area contributed by atoms with Gasteiger partial charge in [0.05, 0.1) is 0 Å². The molecule has 1 amide bonds. The van der Waals surface area contributed by atoms with Crippen molar-refractivity contribution in [2.45, 2.75) is 61.1 Å². The molecule has 1 aromatic rings. The molecule has 1 aromatic carbocycles. The fourth-order valence-corrected chi connectivity index (χ4v) is 6.06. The number of sulfone groups is 1. The van der Waals surface area contributed by atoms with Gasteiger partial charge in [0, 0.05) is 12.5 Å². The normalized spacial score (nSPS) is 24.1. The van der Waals surface area contributed by atoms with E-state index in [-0.39, 0.29) is 24.8 Å². The van der Waals surface area contributed by atoms with Crippen molar-refractivity contribution in [3.05, 3.63) is 24.3 Å². The van der Waals surface area contributed by atoms with Crippen molar-refractivity contribution in [2.75, 3.05) is 13.1 Å². The van der Waals surface area contributed by atoms with Gasteiger partial charge in [-0.1, -0.05) is 31.4 Å². The minimum absolute atomic E-state index is 0.0753. The number of halogens is 3. The molecule has 2 N–H and O–H groups in total. The lowest BCUT2D eigenvalue weighted by atomic mass is 9.88. The number of hydrogen-bond acceptors (Lipinski definition) is 5. The number of piperidine rings is 1. The van der Waals surface area contributed by atoms with E-state index in [4.69, 9.17) is 0 Å². The molecule has 0 radical (unpaired) electrons. The van der Waals surface area contributed by atoms with E-state index in [2.05, 4.69) is 15.4 Å². The molecule has 1 heterocycles. The van der Waals surface area contributed by atoms with Gasteiger partial charge < -0.3 is 15.4 Å². The van der Waals surface area contributed by atoms with Crippen LogP contribution in [-0.2, 0) is 14.6 Å². The number of rotatable bonds is 5. The van der Waals surface area contributed by atoms with Crippen LogP contribution < -0.4 is 15.4 Å². The molecule has 1 aliphatic carbocycles. The summed E-state index contributed by atoms with van der Waals surface area (Å²) in [5.41, 5.74) is 0. The quantitative estimate of drug-likeness (QED) is 0.744. The van der Waals surface area contributed by atoms with Crippen LogP contribution in [0.15, 0.2) is 29.2 Å². The number of benzene rings is 1. The summed E-state index contributed by atoms with van der Waals surface area (Å²) < 4.78 is 69.4. The van der Waals surface area contributed by atoms with Crippen molar-refractivity contribution in [2.24, 2.45) is 5.92 Å². The molecule has 0 spiro atoms. The molecular formula is C19H25F3N2O4S. The molecule has 2 fully saturated rings. The Morgan fingerprint density at radius 3 is 2.45 bits per heavy atom. The van der Waals surface area contributed by atoms with Crippen molar-refractivity contribution in [3.63, 3.8) is 0 Å². The fraction of sp³-hybridized carbons (Fsp3) is 0.632. The van der Waals surface area contributed by atoms with Crippen molar-refractivity contribution < 1.29 is 31.1 Å². The zero-order valence-corrected chi connectivity index (χ0v) is 16.7. The Balaban J connectivity index is 1.97. The topological polar surface area (TPSA) is 84.5 Å². The molecule has 3 rings (SSSR count). The van der Waals surface area contributed by atoms with Crippen LogP contribution in [0, 0.1) is 5.92 Å². The Hall–Kier alpha value is -1.81. The summed E-state index contributed by atoms with van der Waals surface area (Å²) in [5.74, 6) is -1.43. The minimum atomic E-state index is -5.03. The zero-order valence-electron chi connectivity index (χ0n) is 15.9. The highest BCUT2D eigenvalue weighted by atomic mass is 32.2. The molecule has 1 saturated carbocycles. The highest BCUT2D eigenvalue weighted by molar-refractivity contribution is 7.93. The second-order valence-electron chi connectivity index (χ2n) is 7.60. The van der Waals surface area contributed by atoms with E-state index in [1.54, 1.807) is 0 Å². The summed E-state index contributed by atoms with van der Waals surface area (Å²) in [6, 6.07) is 4.66. The molecule has 0 bridgehead atoms. The van der Waals surface area contributed by atoms with E-state index >= 15 is 0 Å². The largest absolute Gasteiger partial charge is 0.573 e. The van der Waals surface area contributed by atoms with Crippen LogP contribution in [0.25, 0.3) is 0 Å². The van der Waals surface area contributed by atoms with Gasteiger partial charge in [-0.25, -0.2) is 8.42 Å². The molecule has 0 aromatic heterocycles. The Bertz CT molecular complexity index is 830. The van der Waals surface area contributed by atoms with E-state index < -0.39 is 31.7 Å². The summed E-state index contributed by atoms with van der Waals surface area (Å²) in [6.45, 7) is 0.491. The third-order valence-electron chi connectivity index (χ3n) is 5.55. The van der Waals surface area contributed by atoms with Gasteiger partial charge in [-0.3, -0.25) is 4.79 Å². The van der Waals surface area contributed by atoms with Gasteiger partial charge in [-0.05, 0) is 44.4 Å². The van der Waals surface area contributed by atoms with E-state index in [0.717, 1.165) is 31.4 Å². The number of amides is 1. The van der Waals surface area contributed by atoms with Gasteiger partial charge in [-0.15, -0.1) is 13.2 Å². The maximum absolute atomic E-state index is 13.5. The third kappa shape index (κ3) is 4.85. The third-order valence-corrected chi connectivity index (χ3v) is 7.95. The lowest BCUT2D eigenvalue weighted by molar-refractivity contribution is -0.275. The van der Waals surface area contributed by atoms with Crippen molar-refractivity contribution >= 4 is 15.7 Å². The summed E-state index contributed by atoms with van der Waals surface area (Å²) >= 11 is 0. The van der Waals surface area contributed by atoms with Gasteiger partial charge in [0.2, 0.25) is 15.7 Å². The number of carbonyl (C=O) groups is 1. The first kappa shape index (κ1) is 21.9. The van der Waals surface area contributed by atoms with Crippen molar-refractivity contribution in [1.82, 2.24) is 10.6 Å². The number of alkyl halides is 3. The lowest BCUT2D eigenvalue weighted by Crippen LogP contribution is -2.63. The summed E-state index contributed by atoms with van der Waals surface area (Å²) in [7, 11) is -4.38. The first-order chi connectivity index (χ1) is 13.6. The lowest BCUT2D eigenvalue weighted by Gasteiger charge is -2.39. The van der Waals surface area contributed by atoms with Crippen molar-refractivity contribution in [1.29, 1.82) is 0 Å². The number of hydrogen-bond donors (Lipinski definition) is 2. The van der Waals surface area contributed by atoms with Crippen LogP contribution in [0.3, 0.4) is 0 Å². The molecular weight excluding hydrogens is 409 g/mol. The molecule has 1 saturated heterocycles. The van der Waals surface area contributed by atoms with E-state index in [9.17, 15) is 26.4 Å². The SMILES string of the molecule is O=C(N[C@]1(S(=O)(=O)c2ccccc2OC(F)(F)F)CCCNC1)C1CCCCC1. The predicted molar refractivity (Wildman–Crippen MR) is 99.9 cm³/mol. The molecule has 1 aliphatic heterocycles. The standard InChI is InChI=1S/C19H25F3N2O4S/c20-19(21,22)28-15-9-4-5-10-16(15)29(26,27)18(11-6-12-23-13-18)24-17(25)14-7-2-1-3-8-14/h4-5,9-10,14,23H,1-3,6-8,11-13H2,(H,24,25)/t18-/m0/s1. The maximum atomic E-state index is 13.5. The van der Waals surface area contributed by atoms with Gasteiger partial charge >= 0.3 is 6.36 Å². The van der Waals surface area contributed by atoms with Crippen LogP contribution in [-0.4, -0.2) is 38.6 Å². The first-order valence-electron chi connectivity index (χ1n) is 9.77. The van der Waals surface area contributed by atoms with Gasteiger partial charge in [0.15, 0.2) is 4.87 Å². The molecule has 1 atom stereocenters. The van der Waals surface area contributed by atoms with Crippen LogP contribution in [0.4, 0.5) is 13.2 Å². The van der Waals surface area contributed by atoms with E-state index in [0.29, 0.717) is 25.8 Å². The Kier molecular flexibility index (Phi) is 6.42. The number of ether oxygens (including phenoxy) is 1. The monoisotopic (exact) mass is 434 g/mol. The van der Waals surface area contributed by atoms with Crippen LogP contribution in [0.1, 0.15) is 44.9 Å². The van der Waals surface area contributed by atoms with Crippen molar-refractivity contribution in [3.8, 4) is 5.75 Å². The smallest absolute Gasteiger partial charge is 0.404 e. The second-order valence-corrected chi connectivity index (χ2v) is 9.82. The minimum Gasteiger partial charge on any atom is -0.404 e. The van der Waals surface area contributed by atoms with Crippen LogP contribution in [0.5, 0.6) is 5.75 Å². The van der Waals surface area contributed by atoms with Gasteiger partial charge in [0.1, 0.15) is 10.6 Å². The zero-order chi connectivity index (χ0) is 21.1. The Morgan fingerprint density at radius 1 is 1.14 bits per heavy atom. The highest BCUT2D eigenvalue weighted by Crippen LogP contribution is 2.37. The molecule has 162 valence electrons. The Morgan fingerprint density at radius 2 is 1.83 bits per heavy atom. The predicted octanol–water partition coefficient (Wildman–Crippen LogP) is 3.14. The average Bonchev–Trinajstić information content (AvgIpc) is 2.68. The van der Waals surface area contributed by atoms with Crippen LogP contribution >= 0.6 is 0 Å². The van der Waals surface area contributed by atoms with E-state index in [1.807, 2.05) is 0 Å². The average molecular weight is 434 g/mol. The molecule has 29 heavy (non-hydrogen) atoms. The summed E-state index contributed by atoms with van der Waals surface area (Å²) in [5, 5.41) is 5.68. The maximum Gasteiger partial charge on any atom is 0.573 e. The Labute approximate surface area is 168 Å². The molecule has 6 nitrogen and oxygen atoms in total. The molecule has 10 heteroatoms. The summed E-state index contributed by atoms with van der Waals surface area (Å²) in [6.07, 6.45) is -0.248. The number of nitrogens with one attached hydrogen (secondary N) is 2. The van der Waals surface area contributed by atoms with Gasteiger partial charge in [0.25, 0.3) is 0 Å². The molecule has 2 aliphatic rings.